The number of carbonyl (C=O) groups excluding carboxylic acids is 1. The van der Waals surface area contributed by atoms with Crippen molar-refractivity contribution in [2.45, 2.75) is 60.1 Å². The van der Waals surface area contributed by atoms with E-state index in [1.165, 1.54) is 0 Å². The van der Waals surface area contributed by atoms with Crippen molar-refractivity contribution in [1.82, 2.24) is 15.4 Å². The molecule has 1 saturated heterocycles. The first-order valence-corrected chi connectivity index (χ1v) is 8.72. The Morgan fingerprint density at radius 3 is 2.67 bits per heavy atom. The fourth-order valence-electron chi connectivity index (χ4n) is 3.40. The van der Waals surface area contributed by atoms with Gasteiger partial charge in [-0.2, -0.15) is 0 Å². The van der Waals surface area contributed by atoms with Gasteiger partial charge in [-0.1, -0.05) is 25.9 Å². The van der Waals surface area contributed by atoms with E-state index in [-0.39, 0.29) is 17.6 Å². The number of hydrogen-bond acceptors (Lipinski definition) is 4. The largest absolute Gasteiger partial charge is 0.377 e. The molecule has 0 unspecified atom stereocenters. The number of rotatable bonds is 4. The minimum Gasteiger partial charge on any atom is -0.377 e. The Bertz CT molecular complexity index is 543. The minimum absolute atomic E-state index is 0.0757. The third-order valence-corrected chi connectivity index (χ3v) is 4.74. The second kappa shape index (κ2) is 7.55. The number of nitrogens with zero attached hydrogens (tertiary/aromatic N) is 2. The van der Waals surface area contributed by atoms with E-state index in [0.29, 0.717) is 19.0 Å². The summed E-state index contributed by atoms with van der Waals surface area (Å²) < 4.78 is 11.1. The van der Waals surface area contributed by atoms with Gasteiger partial charge in [-0.3, -0.25) is 0 Å². The van der Waals surface area contributed by atoms with E-state index in [2.05, 4.69) is 31.2 Å². The molecule has 1 N–H and O–H groups in total. The van der Waals surface area contributed by atoms with Crippen LogP contribution in [0.3, 0.4) is 0 Å². The lowest BCUT2D eigenvalue weighted by Crippen LogP contribution is -2.47. The minimum atomic E-state index is -0.0757. The lowest BCUT2D eigenvalue weighted by molar-refractivity contribution is -0.0839. The van der Waals surface area contributed by atoms with Crippen molar-refractivity contribution in [3.05, 3.63) is 17.0 Å². The maximum absolute atomic E-state index is 12.4. The molecule has 0 radical (unpaired) electrons. The summed E-state index contributed by atoms with van der Waals surface area (Å²) >= 11 is 0. The van der Waals surface area contributed by atoms with Crippen LogP contribution in [-0.4, -0.2) is 42.4 Å². The van der Waals surface area contributed by atoms with E-state index in [4.69, 9.17) is 9.26 Å². The van der Waals surface area contributed by atoms with Crippen molar-refractivity contribution in [3.8, 4) is 0 Å². The second-order valence-electron chi connectivity index (χ2n) is 7.90. The molecule has 0 bridgehead atoms. The maximum atomic E-state index is 12.4. The predicted octanol–water partition coefficient (Wildman–Crippen LogP) is 3.27. The molecule has 0 aromatic carbocycles. The molecule has 6 heteroatoms. The summed E-state index contributed by atoms with van der Waals surface area (Å²) in [6.07, 6.45) is 2.33. The molecule has 1 aromatic rings. The monoisotopic (exact) mass is 337 g/mol. The lowest BCUT2D eigenvalue weighted by atomic mass is 9.78. The average molecular weight is 337 g/mol. The van der Waals surface area contributed by atoms with Gasteiger partial charge < -0.3 is 19.5 Å². The third kappa shape index (κ3) is 4.50. The zero-order valence-corrected chi connectivity index (χ0v) is 15.8. The van der Waals surface area contributed by atoms with Crippen molar-refractivity contribution >= 4 is 6.03 Å². The Kier molecular flexibility index (Phi) is 5.91. The number of urea groups is 1. The summed E-state index contributed by atoms with van der Waals surface area (Å²) in [5.41, 5.74) is 1.89. The number of carbonyl (C=O) groups is 1. The van der Waals surface area contributed by atoms with Crippen LogP contribution in [0.15, 0.2) is 4.52 Å². The Morgan fingerprint density at radius 1 is 1.38 bits per heavy atom. The molecular weight excluding hydrogens is 306 g/mol. The Labute approximate surface area is 144 Å². The number of aryl methyl sites for hydroxylation is 2. The van der Waals surface area contributed by atoms with Crippen LogP contribution < -0.4 is 5.32 Å². The van der Waals surface area contributed by atoms with Crippen LogP contribution in [-0.2, 0) is 11.3 Å². The van der Waals surface area contributed by atoms with E-state index in [0.717, 1.165) is 36.5 Å². The van der Waals surface area contributed by atoms with Crippen LogP contribution in [0.25, 0.3) is 0 Å². The zero-order chi connectivity index (χ0) is 17.9. The van der Waals surface area contributed by atoms with Gasteiger partial charge >= 0.3 is 6.03 Å². The average Bonchev–Trinajstić information content (AvgIpc) is 2.83. The van der Waals surface area contributed by atoms with E-state index >= 15 is 0 Å². The van der Waals surface area contributed by atoms with E-state index in [1.807, 2.05) is 13.8 Å². The number of aromatic nitrogens is 1. The second-order valence-corrected chi connectivity index (χ2v) is 7.90. The molecule has 0 aliphatic carbocycles. The van der Waals surface area contributed by atoms with Gasteiger partial charge in [-0.15, -0.1) is 0 Å². The molecular formula is C18H31N3O3. The number of hydrogen-bond donors (Lipinski definition) is 1. The summed E-state index contributed by atoms with van der Waals surface area (Å²) in [5, 5.41) is 7.00. The lowest BCUT2D eigenvalue weighted by Gasteiger charge is -2.40. The summed E-state index contributed by atoms with van der Waals surface area (Å²) in [4.78, 5) is 14.1. The molecule has 136 valence electrons. The summed E-state index contributed by atoms with van der Waals surface area (Å²) in [6, 6.07) is -0.0757. The van der Waals surface area contributed by atoms with Crippen LogP contribution in [0.5, 0.6) is 0 Å². The summed E-state index contributed by atoms with van der Waals surface area (Å²) in [7, 11) is 1.79. The molecule has 0 spiro atoms. The molecule has 1 aliphatic heterocycles. The fraction of sp³-hybridized carbons (Fsp3) is 0.778. The van der Waals surface area contributed by atoms with Gasteiger partial charge in [0.05, 0.1) is 18.3 Å². The molecule has 1 fully saturated rings. The smallest absolute Gasteiger partial charge is 0.317 e. The fourth-order valence-corrected chi connectivity index (χ4v) is 3.40. The highest BCUT2D eigenvalue weighted by atomic mass is 16.5. The quantitative estimate of drug-likeness (QED) is 0.915. The predicted molar refractivity (Wildman–Crippen MR) is 92.8 cm³/mol. The Morgan fingerprint density at radius 2 is 2.08 bits per heavy atom. The van der Waals surface area contributed by atoms with Crippen molar-refractivity contribution in [3.63, 3.8) is 0 Å². The van der Waals surface area contributed by atoms with Gasteiger partial charge in [0.2, 0.25) is 0 Å². The van der Waals surface area contributed by atoms with Crippen LogP contribution in [0.4, 0.5) is 4.79 Å². The van der Waals surface area contributed by atoms with Crippen LogP contribution in [0, 0.1) is 25.2 Å². The maximum Gasteiger partial charge on any atom is 0.317 e. The zero-order valence-electron chi connectivity index (χ0n) is 15.8. The van der Waals surface area contributed by atoms with E-state index in [9.17, 15) is 4.79 Å². The van der Waals surface area contributed by atoms with Gasteiger partial charge in [0.1, 0.15) is 5.76 Å². The highest BCUT2D eigenvalue weighted by molar-refractivity contribution is 5.73. The van der Waals surface area contributed by atoms with Crippen molar-refractivity contribution in [2.24, 2.45) is 11.3 Å². The number of nitrogens with one attached hydrogen (secondary N) is 1. The van der Waals surface area contributed by atoms with E-state index in [1.54, 1.807) is 11.9 Å². The molecule has 1 aliphatic rings. The van der Waals surface area contributed by atoms with Crippen molar-refractivity contribution in [2.75, 3.05) is 20.2 Å². The Hall–Kier alpha value is -1.56. The molecule has 6 nitrogen and oxygen atoms in total. The van der Waals surface area contributed by atoms with Crippen LogP contribution in [0.1, 0.15) is 50.6 Å². The first-order valence-electron chi connectivity index (χ1n) is 8.72. The van der Waals surface area contributed by atoms with Gasteiger partial charge in [0, 0.05) is 31.7 Å². The van der Waals surface area contributed by atoms with Crippen LogP contribution in [0.2, 0.25) is 0 Å². The van der Waals surface area contributed by atoms with Gasteiger partial charge in [-0.25, -0.2) is 4.79 Å². The topological polar surface area (TPSA) is 67.6 Å². The first kappa shape index (κ1) is 18.8. The molecule has 2 amide bonds. The van der Waals surface area contributed by atoms with Gasteiger partial charge in [0.25, 0.3) is 0 Å². The van der Waals surface area contributed by atoms with Crippen molar-refractivity contribution in [1.29, 1.82) is 0 Å². The first-order chi connectivity index (χ1) is 11.2. The molecule has 0 saturated carbocycles. The van der Waals surface area contributed by atoms with Crippen LogP contribution >= 0.6 is 0 Å². The molecule has 24 heavy (non-hydrogen) atoms. The molecule has 2 rings (SSSR count). The number of ether oxygens (including phenoxy) is 1. The van der Waals surface area contributed by atoms with Crippen molar-refractivity contribution < 1.29 is 14.1 Å². The SMILES string of the molecule is Cc1noc(C)c1CN(C)C(=O)NC[C@@H]1CCCO[C@@H]1C(C)(C)C. The molecule has 1 aromatic heterocycles. The standard InChI is InChI=1S/C18H31N3O3/c1-12-15(13(2)24-20-12)11-21(6)17(22)19-10-14-8-7-9-23-16(14)18(3,4)5/h14,16H,7-11H2,1-6H3,(H,19,22)/t14-,16-/m0/s1. The number of amides is 2. The Balaban J connectivity index is 1.89. The van der Waals surface area contributed by atoms with Gasteiger partial charge in [0.15, 0.2) is 0 Å². The summed E-state index contributed by atoms with van der Waals surface area (Å²) in [6.45, 7) is 12.3. The third-order valence-electron chi connectivity index (χ3n) is 4.74. The van der Waals surface area contributed by atoms with Gasteiger partial charge in [-0.05, 0) is 32.1 Å². The van der Waals surface area contributed by atoms with E-state index < -0.39 is 0 Å². The normalized spacial score (nSPS) is 21.6. The highest BCUT2D eigenvalue weighted by Gasteiger charge is 2.35. The molecule has 2 heterocycles. The summed E-state index contributed by atoms with van der Waals surface area (Å²) in [5.74, 6) is 1.12. The highest BCUT2D eigenvalue weighted by Crippen LogP contribution is 2.33. The molecule has 2 atom stereocenters.